The molecule has 0 bridgehead atoms. The Morgan fingerprint density at radius 2 is 2.10 bits per heavy atom. The monoisotopic (exact) mass is 299 g/mol. The van der Waals surface area contributed by atoms with Crippen molar-refractivity contribution in [3.05, 3.63) is 46.3 Å². The minimum absolute atomic E-state index is 0.158. The lowest BCUT2D eigenvalue weighted by atomic mass is 10.1. The maximum Gasteiger partial charge on any atom is 0.247 e. The van der Waals surface area contributed by atoms with Crippen molar-refractivity contribution in [1.82, 2.24) is 0 Å². The number of nitriles is 1. The van der Waals surface area contributed by atoms with Crippen molar-refractivity contribution >= 4 is 27.9 Å². The number of aryl methyl sites for hydroxylation is 1. The van der Waals surface area contributed by atoms with E-state index in [1.165, 1.54) is 16.9 Å². The van der Waals surface area contributed by atoms with E-state index in [9.17, 15) is 4.79 Å². The summed E-state index contributed by atoms with van der Waals surface area (Å²) in [6, 6.07) is 9.32. The molecule has 0 saturated carbocycles. The van der Waals surface area contributed by atoms with Crippen LogP contribution in [-0.2, 0) is 4.79 Å². The molecule has 0 aliphatic carbocycles. The SMILES string of the molecule is Cc1cccc(N[C@H](C)C(=O)Nc2sccc2C#N)c1C. The zero-order valence-electron chi connectivity index (χ0n) is 12.2. The van der Waals surface area contributed by atoms with E-state index in [0.29, 0.717) is 10.6 Å². The molecule has 0 aliphatic heterocycles. The van der Waals surface area contributed by atoms with Gasteiger partial charge in [-0.25, -0.2) is 0 Å². The van der Waals surface area contributed by atoms with Crippen molar-refractivity contribution in [2.75, 3.05) is 10.6 Å². The Hall–Kier alpha value is -2.32. The van der Waals surface area contributed by atoms with Crippen LogP contribution in [0.5, 0.6) is 0 Å². The first kappa shape index (κ1) is 15.1. The van der Waals surface area contributed by atoms with Crippen LogP contribution >= 0.6 is 11.3 Å². The van der Waals surface area contributed by atoms with Gasteiger partial charge in [-0.15, -0.1) is 11.3 Å². The Kier molecular flexibility index (Phi) is 4.61. The summed E-state index contributed by atoms with van der Waals surface area (Å²) >= 11 is 1.35. The molecule has 0 unspecified atom stereocenters. The minimum atomic E-state index is -0.390. The number of hydrogen-bond donors (Lipinski definition) is 2. The summed E-state index contributed by atoms with van der Waals surface area (Å²) in [4.78, 5) is 12.2. The molecule has 1 heterocycles. The van der Waals surface area contributed by atoms with E-state index in [1.807, 2.05) is 32.0 Å². The van der Waals surface area contributed by atoms with E-state index < -0.39 is 0 Å². The Labute approximate surface area is 128 Å². The van der Waals surface area contributed by atoms with Crippen LogP contribution in [-0.4, -0.2) is 11.9 Å². The van der Waals surface area contributed by atoms with Crippen molar-refractivity contribution in [3.63, 3.8) is 0 Å². The topological polar surface area (TPSA) is 64.9 Å². The van der Waals surface area contributed by atoms with Crippen molar-refractivity contribution in [2.45, 2.75) is 26.8 Å². The number of carbonyl (C=O) groups excluding carboxylic acids is 1. The zero-order valence-corrected chi connectivity index (χ0v) is 13.0. The van der Waals surface area contributed by atoms with Gasteiger partial charge in [0.25, 0.3) is 0 Å². The Bertz CT molecular complexity index is 700. The van der Waals surface area contributed by atoms with Gasteiger partial charge in [-0.05, 0) is 49.4 Å². The lowest BCUT2D eigenvalue weighted by Crippen LogP contribution is -2.32. The number of nitrogens with one attached hydrogen (secondary N) is 2. The molecular weight excluding hydrogens is 282 g/mol. The molecular formula is C16H17N3OS. The molecule has 2 N–H and O–H groups in total. The summed E-state index contributed by atoms with van der Waals surface area (Å²) in [6.07, 6.45) is 0. The quantitative estimate of drug-likeness (QED) is 0.905. The Morgan fingerprint density at radius 1 is 1.33 bits per heavy atom. The molecule has 108 valence electrons. The largest absolute Gasteiger partial charge is 0.374 e. The molecule has 1 atom stereocenters. The number of hydrogen-bond acceptors (Lipinski definition) is 4. The highest BCUT2D eigenvalue weighted by Gasteiger charge is 2.16. The minimum Gasteiger partial charge on any atom is -0.374 e. The third-order valence-electron chi connectivity index (χ3n) is 3.39. The molecule has 4 nitrogen and oxygen atoms in total. The number of nitrogens with zero attached hydrogens (tertiary/aromatic N) is 1. The summed E-state index contributed by atoms with van der Waals surface area (Å²) < 4.78 is 0. The molecule has 0 fully saturated rings. The molecule has 0 saturated heterocycles. The van der Waals surface area contributed by atoms with Crippen LogP contribution in [0, 0.1) is 25.2 Å². The normalized spacial score (nSPS) is 11.5. The molecule has 5 heteroatoms. The van der Waals surface area contributed by atoms with E-state index in [2.05, 4.69) is 16.7 Å². The van der Waals surface area contributed by atoms with Gasteiger partial charge in [-0.3, -0.25) is 4.79 Å². The standard InChI is InChI=1S/C16H17N3OS/c1-10-5-4-6-14(11(10)2)18-12(3)15(20)19-16-13(9-17)7-8-21-16/h4-8,12,18H,1-3H3,(H,19,20)/t12-/m1/s1. The van der Waals surface area contributed by atoms with Gasteiger partial charge in [-0.1, -0.05) is 12.1 Å². The van der Waals surface area contributed by atoms with E-state index in [1.54, 1.807) is 18.4 Å². The van der Waals surface area contributed by atoms with Gasteiger partial charge >= 0.3 is 0 Å². The second-order valence-electron chi connectivity index (χ2n) is 4.88. The molecule has 1 aromatic carbocycles. The summed E-state index contributed by atoms with van der Waals surface area (Å²) in [5, 5.41) is 17.3. The molecule has 2 rings (SSSR count). The van der Waals surface area contributed by atoms with Gasteiger partial charge in [0.2, 0.25) is 5.91 Å². The summed E-state index contributed by atoms with van der Waals surface area (Å²) in [7, 11) is 0. The lowest BCUT2D eigenvalue weighted by molar-refractivity contribution is -0.116. The third kappa shape index (κ3) is 3.41. The molecule has 21 heavy (non-hydrogen) atoms. The average Bonchev–Trinajstić information content (AvgIpc) is 2.91. The molecule has 0 spiro atoms. The highest BCUT2D eigenvalue weighted by Crippen LogP contribution is 2.23. The van der Waals surface area contributed by atoms with Crippen molar-refractivity contribution in [2.24, 2.45) is 0 Å². The van der Waals surface area contributed by atoms with E-state index in [0.717, 1.165) is 11.3 Å². The molecule has 1 amide bonds. The van der Waals surface area contributed by atoms with Crippen molar-refractivity contribution < 1.29 is 4.79 Å². The van der Waals surface area contributed by atoms with Gasteiger partial charge in [0.1, 0.15) is 17.1 Å². The number of rotatable bonds is 4. The van der Waals surface area contributed by atoms with Crippen LogP contribution in [0.4, 0.5) is 10.7 Å². The van der Waals surface area contributed by atoms with Crippen LogP contribution < -0.4 is 10.6 Å². The molecule has 2 aromatic rings. The second kappa shape index (κ2) is 6.42. The molecule has 0 aliphatic rings. The first-order valence-corrected chi connectivity index (χ1v) is 7.52. The summed E-state index contributed by atoms with van der Waals surface area (Å²) in [5.74, 6) is -0.158. The van der Waals surface area contributed by atoms with Gasteiger partial charge < -0.3 is 10.6 Å². The van der Waals surface area contributed by atoms with Gasteiger partial charge in [0, 0.05) is 5.69 Å². The highest BCUT2D eigenvalue weighted by atomic mass is 32.1. The van der Waals surface area contributed by atoms with Crippen LogP contribution in [0.15, 0.2) is 29.6 Å². The van der Waals surface area contributed by atoms with Crippen LogP contribution in [0.25, 0.3) is 0 Å². The maximum atomic E-state index is 12.2. The first-order valence-electron chi connectivity index (χ1n) is 6.64. The van der Waals surface area contributed by atoms with Gasteiger partial charge in [0.05, 0.1) is 5.56 Å². The fraction of sp³-hybridized carbons (Fsp3) is 0.250. The fourth-order valence-electron chi connectivity index (χ4n) is 1.92. The number of anilines is 2. The summed E-state index contributed by atoms with van der Waals surface area (Å²) in [5.41, 5.74) is 3.75. The van der Waals surface area contributed by atoms with E-state index in [-0.39, 0.29) is 11.9 Å². The third-order valence-corrected chi connectivity index (χ3v) is 4.22. The summed E-state index contributed by atoms with van der Waals surface area (Å²) in [6.45, 7) is 5.86. The molecule has 1 aromatic heterocycles. The Balaban J connectivity index is 2.07. The van der Waals surface area contributed by atoms with Crippen LogP contribution in [0.1, 0.15) is 23.6 Å². The van der Waals surface area contributed by atoms with Gasteiger partial charge in [-0.2, -0.15) is 5.26 Å². The maximum absolute atomic E-state index is 12.2. The highest BCUT2D eigenvalue weighted by molar-refractivity contribution is 7.14. The van der Waals surface area contributed by atoms with E-state index >= 15 is 0 Å². The van der Waals surface area contributed by atoms with Gasteiger partial charge in [0.15, 0.2) is 0 Å². The zero-order chi connectivity index (χ0) is 15.4. The molecule has 0 radical (unpaired) electrons. The second-order valence-corrected chi connectivity index (χ2v) is 5.79. The predicted molar refractivity (Wildman–Crippen MR) is 86.7 cm³/mol. The number of thiophene rings is 1. The first-order chi connectivity index (χ1) is 10.0. The van der Waals surface area contributed by atoms with Crippen molar-refractivity contribution in [1.29, 1.82) is 5.26 Å². The average molecular weight is 299 g/mol. The van der Waals surface area contributed by atoms with Crippen molar-refractivity contribution in [3.8, 4) is 6.07 Å². The van der Waals surface area contributed by atoms with Crippen LogP contribution in [0.2, 0.25) is 0 Å². The van der Waals surface area contributed by atoms with Crippen LogP contribution in [0.3, 0.4) is 0 Å². The van der Waals surface area contributed by atoms with E-state index in [4.69, 9.17) is 5.26 Å². The number of benzene rings is 1. The number of carbonyl (C=O) groups is 1. The predicted octanol–water partition coefficient (Wildman–Crippen LogP) is 3.68. The lowest BCUT2D eigenvalue weighted by Gasteiger charge is -2.17. The Morgan fingerprint density at radius 3 is 2.81 bits per heavy atom. The smallest absolute Gasteiger partial charge is 0.247 e. The number of amides is 1. The fourth-order valence-corrected chi connectivity index (χ4v) is 2.66.